The summed E-state index contributed by atoms with van der Waals surface area (Å²) in [5.74, 6) is 0.235. The predicted octanol–water partition coefficient (Wildman–Crippen LogP) is 3.52. The van der Waals surface area contributed by atoms with Gasteiger partial charge in [-0.25, -0.2) is 0 Å². The number of hydrogen-bond donors (Lipinski definition) is 1. The summed E-state index contributed by atoms with van der Waals surface area (Å²) in [6.45, 7) is 1.94. The van der Waals surface area contributed by atoms with Crippen molar-refractivity contribution in [3.63, 3.8) is 0 Å². The van der Waals surface area contributed by atoms with E-state index in [4.69, 9.17) is 0 Å². The van der Waals surface area contributed by atoms with E-state index in [9.17, 15) is 10.4 Å². The molecule has 1 N–H and O–H groups in total. The molecule has 3 aromatic rings. The molecule has 0 atom stereocenters. The maximum atomic E-state index is 9.38. The van der Waals surface area contributed by atoms with Crippen LogP contribution in [0.2, 0.25) is 0 Å². The van der Waals surface area contributed by atoms with Crippen LogP contribution in [0.15, 0.2) is 48.5 Å². The summed E-state index contributed by atoms with van der Waals surface area (Å²) in [6, 6.07) is 17.1. The van der Waals surface area contributed by atoms with Gasteiger partial charge in [-0.2, -0.15) is 5.26 Å². The van der Waals surface area contributed by atoms with Crippen molar-refractivity contribution in [3.8, 4) is 17.5 Å². The number of aromatic hydroxyl groups is 1. The Kier molecular flexibility index (Phi) is 2.50. The van der Waals surface area contributed by atoms with Crippen LogP contribution in [0, 0.1) is 18.3 Å². The third-order valence-electron chi connectivity index (χ3n) is 3.33. The molecule has 0 bridgehead atoms. The molecular weight excluding hydrogens is 236 g/mol. The van der Waals surface area contributed by atoms with Gasteiger partial charge < -0.3 is 9.67 Å². The van der Waals surface area contributed by atoms with Crippen molar-refractivity contribution in [3.05, 3.63) is 59.8 Å². The van der Waals surface area contributed by atoms with Gasteiger partial charge in [-0.15, -0.1) is 0 Å². The average Bonchev–Trinajstić information content (AvgIpc) is 2.71. The first-order valence-corrected chi connectivity index (χ1v) is 6.02. The number of para-hydroxylation sites is 1. The van der Waals surface area contributed by atoms with Crippen LogP contribution in [-0.2, 0) is 0 Å². The van der Waals surface area contributed by atoms with Crippen molar-refractivity contribution >= 4 is 10.9 Å². The molecule has 3 nitrogen and oxygen atoms in total. The van der Waals surface area contributed by atoms with E-state index < -0.39 is 0 Å². The van der Waals surface area contributed by atoms with Crippen molar-refractivity contribution in [2.75, 3.05) is 0 Å². The summed E-state index contributed by atoms with van der Waals surface area (Å²) in [5, 5.41) is 19.6. The highest BCUT2D eigenvalue weighted by atomic mass is 16.3. The number of benzene rings is 2. The molecule has 2 aromatic carbocycles. The van der Waals surface area contributed by atoms with E-state index in [1.54, 1.807) is 12.1 Å². The van der Waals surface area contributed by atoms with Crippen molar-refractivity contribution < 1.29 is 5.11 Å². The van der Waals surface area contributed by atoms with Gasteiger partial charge in [-0.05, 0) is 37.3 Å². The van der Waals surface area contributed by atoms with Crippen molar-refractivity contribution in [2.45, 2.75) is 6.92 Å². The summed E-state index contributed by atoms with van der Waals surface area (Å²) in [5.41, 5.74) is 3.55. The van der Waals surface area contributed by atoms with Crippen molar-refractivity contribution in [1.82, 2.24) is 4.57 Å². The Bertz CT molecular complexity index is 792. The van der Waals surface area contributed by atoms with Gasteiger partial charge in [-0.3, -0.25) is 0 Å². The van der Waals surface area contributed by atoms with E-state index in [2.05, 4.69) is 6.07 Å². The molecule has 3 rings (SSSR count). The molecule has 0 saturated carbocycles. The highest BCUT2D eigenvalue weighted by molar-refractivity contribution is 5.89. The topological polar surface area (TPSA) is 49.0 Å². The molecule has 0 amide bonds. The summed E-state index contributed by atoms with van der Waals surface area (Å²) < 4.78 is 2.04. The Hall–Kier alpha value is -2.73. The first-order chi connectivity index (χ1) is 9.22. The van der Waals surface area contributed by atoms with E-state index in [1.165, 1.54) is 0 Å². The summed E-state index contributed by atoms with van der Waals surface area (Å²) in [6.07, 6.45) is 0. The van der Waals surface area contributed by atoms with Gasteiger partial charge in [0.2, 0.25) is 0 Å². The van der Waals surface area contributed by atoms with E-state index in [1.807, 2.05) is 47.9 Å². The van der Waals surface area contributed by atoms with E-state index >= 15 is 0 Å². The maximum absolute atomic E-state index is 9.38. The van der Waals surface area contributed by atoms with Crippen molar-refractivity contribution in [2.24, 2.45) is 0 Å². The average molecular weight is 248 g/mol. The Morgan fingerprint density at radius 1 is 1.05 bits per heavy atom. The molecule has 0 aliphatic heterocycles. The fourth-order valence-corrected chi connectivity index (χ4v) is 2.44. The molecule has 0 aliphatic rings. The van der Waals surface area contributed by atoms with Crippen LogP contribution in [0.3, 0.4) is 0 Å². The van der Waals surface area contributed by atoms with Gasteiger partial charge in [0.15, 0.2) is 0 Å². The number of nitrogens with zero attached hydrogens (tertiary/aromatic N) is 2. The summed E-state index contributed by atoms with van der Waals surface area (Å²) in [7, 11) is 0. The minimum Gasteiger partial charge on any atom is -0.508 e. The van der Waals surface area contributed by atoms with Gasteiger partial charge >= 0.3 is 0 Å². The fourth-order valence-electron chi connectivity index (χ4n) is 2.44. The largest absolute Gasteiger partial charge is 0.508 e. The fraction of sp³-hybridized carbons (Fsp3) is 0.0625. The first-order valence-electron chi connectivity index (χ1n) is 6.02. The third-order valence-corrected chi connectivity index (χ3v) is 3.33. The lowest BCUT2D eigenvalue weighted by Gasteiger charge is -2.08. The Morgan fingerprint density at radius 3 is 2.42 bits per heavy atom. The molecule has 3 heteroatoms. The zero-order chi connectivity index (χ0) is 13.4. The van der Waals surface area contributed by atoms with E-state index in [0.717, 1.165) is 22.3 Å². The molecule has 0 aliphatic carbocycles. The van der Waals surface area contributed by atoms with Crippen LogP contribution in [0.1, 0.15) is 11.3 Å². The molecular formula is C16H12N2O. The number of aromatic nitrogens is 1. The molecule has 0 spiro atoms. The highest BCUT2D eigenvalue weighted by Gasteiger charge is 2.14. The van der Waals surface area contributed by atoms with Gasteiger partial charge in [-0.1, -0.05) is 18.2 Å². The zero-order valence-electron chi connectivity index (χ0n) is 10.5. The van der Waals surface area contributed by atoms with E-state index in [0.29, 0.717) is 5.56 Å². The van der Waals surface area contributed by atoms with Crippen LogP contribution >= 0.6 is 0 Å². The Labute approximate surface area is 111 Å². The number of rotatable bonds is 1. The number of nitriles is 1. The Balaban J connectivity index is 2.38. The second-order valence-corrected chi connectivity index (χ2v) is 4.44. The molecule has 1 aromatic heterocycles. The van der Waals surface area contributed by atoms with Gasteiger partial charge in [0.05, 0.1) is 11.1 Å². The minimum absolute atomic E-state index is 0.235. The highest BCUT2D eigenvalue weighted by Crippen LogP contribution is 2.29. The maximum Gasteiger partial charge on any atom is 0.115 e. The number of phenolic OH excluding ortho intramolecular Hbond substituents is 1. The number of phenols is 1. The Morgan fingerprint density at radius 2 is 1.74 bits per heavy atom. The summed E-state index contributed by atoms with van der Waals surface area (Å²) in [4.78, 5) is 0. The first kappa shape index (κ1) is 11.4. The predicted molar refractivity (Wildman–Crippen MR) is 74.4 cm³/mol. The number of hydrogen-bond acceptors (Lipinski definition) is 2. The standard InChI is InChI=1S/C16H12N2O/c1-11-15(10-17)14-4-2-3-5-16(14)18(11)12-6-8-13(19)9-7-12/h2-9,19H,1H3. The van der Waals surface area contributed by atoms with Crippen LogP contribution in [0.5, 0.6) is 5.75 Å². The van der Waals surface area contributed by atoms with E-state index in [-0.39, 0.29) is 5.75 Å². The van der Waals surface area contributed by atoms with Gasteiger partial charge in [0, 0.05) is 16.8 Å². The van der Waals surface area contributed by atoms with Crippen LogP contribution in [-0.4, -0.2) is 9.67 Å². The quantitative estimate of drug-likeness (QED) is 0.716. The van der Waals surface area contributed by atoms with Crippen LogP contribution in [0.25, 0.3) is 16.6 Å². The second kappa shape index (κ2) is 4.18. The van der Waals surface area contributed by atoms with Crippen LogP contribution in [0.4, 0.5) is 0 Å². The minimum atomic E-state index is 0.235. The summed E-state index contributed by atoms with van der Waals surface area (Å²) >= 11 is 0. The lowest BCUT2D eigenvalue weighted by atomic mass is 10.1. The molecule has 0 radical (unpaired) electrons. The lowest BCUT2D eigenvalue weighted by Crippen LogP contribution is -1.96. The molecule has 92 valence electrons. The van der Waals surface area contributed by atoms with Crippen molar-refractivity contribution in [1.29, 1.82) is 5.26 Å². The SMILES string of the molecule is Cc1c(C#N)c2ccccc2n1-c1ccc(O)cc1. The number of fused-ring (bicyclic) bond motifs is 1. The van der Waals surface area contributed by atoms with Gasteiger partial charge in [0.25, 0.3) is 0 Å². The molecule has 0 unspecified atom stereocenters. The molecule has 0 saturated heterocycles. The zero-order valence-corrected chi connectivity index (χ0v) is 10.5. The molecule has 0 fully saturated rings. The normalized spacial score (nSPS) is 10.5. The lowest BCUT2D eigenvalue weighted by molar-refractivity contribution is 0.475. The third kappa shape index (κ3) is 1.66. The molecule has 19 heavy (non-hydrogen) atoms. The monoisotopic (exact) mass is 248 g/mol. The molecule has 1 heterocycles. The smallest absolute Gasteiger partial charge is 0.115 e. The van der Waals surface area contributed by atoms with Gasteiger partial charge in [0.1, 0.15) is 11.8 Å². The van der Waals surface area contributed by atoms with Crippen LogP contribution < -0.4 is 0 Å². The second-order valence-electron chi connectivity index (χ2n) is 4.44.